The van der Waals surface area contributed by atoms with E-state index in [2.05, 4.69) is 6.07 Å². The molecule has 3 nitrogen and oxygen atoms in total. The van der Waals surface area contributed by atoms with Crippen LogP contribution >= 0.6 is 0 Å². The second kappa shape index (κ2) is 3.41. The maximum absolute atomic E-state index is 8.65. The maximum Gasteiger partial charge on any atom is 0.251 e. The van der Waals surface area contributed by atoms with Crippen molar-refractivity contribution in [2.75, 3.05) is 0 Å². The van der Waals surface area contributed by atoms with Gasteiger partial charge in [-0.3, -0.25) is 0 Å². The van der Waals surface area contributed by atoms with Gasteiger partial charge in [-0.25, -0.2) is 0 Å². The van der Waals surface area contributed by atoms with Crippen molar-refractivity contribution in [3.63, 3.8) is 0 Å². The third-order valence-electron chi connectivity index (χ3n) is 3.25. The molecule has 0 saturated heterocycles. The molecule has 2 aliphatic rings. The first kappa shape index (κ1) is 9.53. The predicted molar refractivity (Wildman–Crippen MR) is 58.2 cm³/mol. The van der Waals surface area contributed by atoms with E-state index < -0.39 is 5.79 Å². The minimum absolute atomic E-state index is 0.395. The zero-order valence-electron chi connectivity index (χ0n) is 9.03. The molecule has 0 atom stereocenters. The fraction of sp³-hybridized carbons (Fsp3) is 0.462. The lowest BCUT2D eigenvalue weighted by atomic mass is 10.1. The lowest BCUT2D eigenvalue weighted by molar-refractivity contribution is -0.0716. The van der Waals surface area contributed by atoms with Crippen molar-refractivity contribution in [1.82, 2.24) is 0 Å². The molecule has 1 aromatic carbocycles. The average molecular weight is 215 g/mol. The van der Waals surface area contributed by atoms with Crippen molar-refractivity contribution in [1.29, 1.82) is 5.26 Å². The summed E-state index contributed by atoms with van der Waals surface area (Å²) in [6.07, 6.45) is 4.69. The van der Waals surface area contributed by atoms with E-state index in [0.29, 0.717) is 6.42 Å². The molecule has 16 heavy (non-hydrogen) atoms. The summed E-state index contributed by atoms with van der Waals surface area (Å²) < 4.78 is 11.8. The number of ether oxygens (including phenoxy) is 2. The molecule has 1 aliphatic heterocycles. The lowest BCUT2D eigenvalue weighted by Crippen LogP contribution is -2.34. The summed E-state index contributed by atoms with van der Waals surface area (Å²) in [6.45, 7) is 0. The van der Waals surface area contributed by atoms with Crippen LogP contribution in [0.15, 0.2) is 18.2 Å². The number of nitrogens with zero attached hydrogens (tertiary/aromatic N) is 1. The van der Waals surface area contributed by atoms with Gasteiger partial charge < -0.3 is 9.47 Å². The Morgan fingerprint density at radius 2 is 1.94 bits per heavy atom. The van der Waals surface area contributed by atoms with Gasteiger partial charge in [-0.1, -0.05) is 6.07 Å². The molecule has 1 heterocycles. The van der Waals surface area contributed by atoms with E-state index in [1.54, 1.807) is 0 Å². The molecule has 1 aliphatic carbocycles. The maximum atomic E-state index is 8.65. The van der Waals surface area contributed by atoms with Gasteiger partial charge in [0.25, 0.3) is 5.79 Å². The fourth-order valence-electron chi connectivity index (χ4n) is 2.46. The molecular formula is C13H13NO2. The van der Waals surface area contributed by atoms with Gasteiger partial charge in [0.05, 0.1) is 12.5 Å². The summed E-state index contributed by atoms with van der Waals surface area (Å²) >= 11 is 0. The smallest absolute Gasteiger partial charge is 0.251 e. The van der Waals surface area contributed by atoms with Crippen LogP contribution in [-0.4, -0.2) is 5.79 Å². The van der Waals surface area contributed by atoms with Crippen LogP contribution in [0.4, 0.5) is 0 Å². The number of rotatable bonds is 1. The molecule has 1 spiro atoms. The number of hydrogen-bond acceptors (Lipinski definition) is 3. The monoisotopic (exact) mass is 215 g/mol. The summed E-state index contributed by atoms with van der Waals surface area (Å²) in [5, 5.41) is 8.65. The molecule has 82 valence electrons. The lowest BCUT2D eigenvalue weighted by Gasteiger charge is -2.21. The third-order valence-corrected chi connectivity index (χ3v) is 3.25. The van der Waals surface area contributed by atoms with Gasteiger partial charge in [0.2, 0.25) is 0 Å². The van der Waals surface area contributed by atoms with Crippen molar-refractivity contribution in [3.8, 4) is 17.6 Å². The standard InChI is InChI=1S/C13H13NO2/c14-8-5-10-3-4-11-12(9-10)16-13(15-11)6-1-2-7-13/h3-4,9H,1-2,5-7H2. The average Bonchev–Trinajstić information content (AvgIpc) is 2.85. The van der Waals surface area contributed by atoms with Crippen LogP contribution in [-0.2, 0) is 6.42 Å². The molecule has 0 bridgehead atoms. The first-order valence-electron chi connectivity index (χ1n) is 5.69. The van der Waals surface area contributed by atoms with E-state index in [4.69, 9.17) is 14.7 Å². The van der Waals surface area contributed by atoms with Crippen molar-refractivity contribution < 1.29 is 9.47 Å². The molecular weight excluding hydrogens is 202 g/mol. The fourth-order valence-corrected chi connectivity index (χ4v) is 2.46. The van der Waals surface area contributed by atoms with Crippen LogP contribution in [0.3, 0.4) is 0 Å². The molecule has 3 rings (SSSR count). The highest BCUT2D eigenvalue weighted by molar-refractivity contribution is 5.46. The Morgan fingerprint density at radius 3 is 2.69 bits per heavy atom. The normalized spacial score (nSPS) is 19.9. The highest BCUT2D eigenvalue weighted by Crippen LogP contribution is 2.46. The zero-order chi connectivity index (χ0) is 11.0. The van der Waals surface area contributed by atoms with Crippen LogP contribution in [0.1, 0.15) is 31.2 Å². The van der Waals surface area contributed by atoms with Crippen LogP contribution < -0.4 is 9.47 Å². The van der Waals surface area contributed by atoms with E-state index in [9.17, 15) is 0 Å². The van der Waals surface area contributed by atoms with Crippen LogP contribution in [0.5, 0.6) is 11.5 Å². The van der Waals surface area contributed by atoms with E-state index in [-0.39, 0.29) is 0 Å². The summed E-state index contributed by atoms with van der Waals surface area (Å²) in [4.78, 5) is 0. The van der Waals surface area contributed by atoms with Crippen LogP contribution in [0.2, 0.25) is 0 Å². The molecule has 0 unspecified atom stereocenters. The second-order valence-corrected chi connectivity index (χ2v) is 4.44. The summed E-state index contributed by atoms with van der Waals surface area (Å²) in [6, 6.07) is 7.90. The van der Waals surface area contributed by atoms with Gasteiger partial charge in [0.1, 0.15) is 0 Å². The summed E-state index contributed by atoms with van der Waals surface area (Å²) in [5.41, 5.74) is 0.986. The molecule has 0 radical (unpaired) electrons. The highest BCUT2D eigenvalue weighted by atomic mass is 16.7. The Kier molecular flexibility index (Phi) is 2.03. The number of fused-ring (bicyclic) bond motifs is 1. The SMILES string of the molecule is N#CCc1ccc2c(c1)OC1(CCCC1)O2. The summed E-state index contributed by atoms with van der Waals surface area (Å²) in [5.74, 6) is 1.23. The minimum Gasteiger partial charge on any atom is -0.448 e. The molecule has 0 N–H and O–H groups in total. The third kappa shape index (κ3) is 1.42. The van der Waals surface area contributed by atoms with Crippen molar-refractivity contribution in [2.24, 2.45) is 0 Å². The van der Waals surface area contributed by atoms with Gasteiger partial charge in [0, 0.05) is 12.8 Å². The largest absolute Gasteiger partial charge is 0.448 e. The summed E-state index contributed by atoms with van der Waals surface area (Å²) in [7, 11) is 0. The number of nitriles is 1. The molecule has 0 aromatic heterocycles. The molecule has 1 saturated carbocycles. The Hall–Kier alpha value is -1.69. The quantitative estimate of drug-likeness (QED) is 0.723. The molecule has 3 heteroatoms. The first-order valence-corrected chi connectivity index (χ1v) is 5.69. The Labute approximate surface area is 94.6 Å². The van der Waals surface area contributed by atoms with E-state index in [1.807, 2.05) is 18.2 Å². The molecule has 0 amide bonds. The molecule has 1 aromatic rings. The van der Waals surface area contributed by atoms with Crippen LogP contribution in [0, 0.1) is 11.3 Å². The van der Waals surface area contributed by atoms with Crippen LogP contribution in [0.25, 0.3) is 0 Å². The van der Waals surface area contributed by atoms with Crippen molar-refractivity contribution in [3.05, 3.63) is 23.8 Å². The van der Waals surface area contributed by atoms with Gasteiger partial charge in [-0.2, -0.15) is 5.26 Å². The highest BCUT2D eigenvalue weighted by Gasteiger charge is 2.43. The topological polar surface area (TPSA) is 42.2 Å². The Balaban J connectivity index is 1.89. The molecule has 1 fully saturated rings. The van der Waals surface area contributed by atoms with Crippen molar-refractivity contribution >= 4 is 0 Å². The van der Waals surface area contributed by atoms with Gasteiger partial charge in [-0.15, -0.1) is 0 Å². The first-order chi connectivity index (χ1) is 7.81. The minimum atomic E-state index is -0.395. The number of hydrogen-bond donors (Lipinski definition) is 0. The number of benzene rings is 1. The van der Waals surface area contributed by atoms with Crippen molar-refractivity contribution in [2.45, 2.75) is 37.9 Å². The zero-order valence-corrected chi connectivity index (χ0v) is 9.03. The van der Waals surface area contributed by atoms with Gasteiger partial charge >= 0.3 is 0 Å². The van der Waals surface area contributed by atoms with Gasteiger partial charge in [0.15, 0.2) is 11.5 Å². The van der Waals surface area contributed by atoms with Gasteiger partial charge in [-0.05, 0) is 30.5 Å². The second-order valence-electron chi connectivity index (χ2n) is 4.44. The van der Waals surface area contributed by atoms with E-state index in [1.165, 1.54) is 12.8 Å². The Bertz CT molecular complexity index is 455. The van der Waals surface area contributed by atoms with E-state index >= 15 is 0 Å². The predicted octanol–water partition coefficient (Wildman–Crippen LogP) is 2.79. The Morgan fingerprint density at radius 1 is 1.19 bits per heavy atom. The van der Waals surface area contributed by atoms with E-state index in [0.717, 1.165) is 29.9 Å².